The summed E-state index contributed by atoms with van der Waals surface area (Å²) in [4.78, 5) is 17.1. The number of hydrogen-bond acceptors (Lipinski definition) is 5. The summed E-state index contributed by atoms with van der Waals surface area (Å²) >= 11 is 7.31. The second-order valence-corrected chi connectivity index (χ2v) is 5.94. The van der Waals surface area contributed by atoms with Gasteiger partial charge in [0.1, 0.15) is 10.7 Å². The molecule has 3 aromatic rings. The largest absolute Gasteiger partial charge is 0.382 e. The van der Waals surface area contributed by atoms with Crippen LogP contribution >= 0.6 is 22.9 Å². The Morgan fingerprint density at radius 2 is 1.77 bits per heavy atom. The Morgan fingerprint density at radius 1 is 1.09 bits per heavy atom. The molecule has 0 unspecified atom stereocenters. The number of benzene rings is 2. The van der Waals surface area contributed by atoms with Gasteiger partial charge in [-0.15, -0.1) is 0 Å². The van der Waals surface area contributed by atoms with Gasteiger partial charge in [-0.3, -0.25) is 4.79 Å². The molecule has 0 atom stereocenters. The van der Waals surface area contributed by atoms with Crippen LogP contribution in [-0.4, -0.2) is 10.8 Å². The maximum atomic E-state index is 12.4. The Bertz CT molecular complexity index is 817. The normalized spacial score (nSPS) is 10.4. The minimum Gasteiger partial charge on any atom is -0.382 e. The molecule has 110 valence electrons. The summed E-state index contributed by atoms with van der Waals surface area (Å²) in [7, 11) is 0. The first-order chi connectivity index (χ1) is 10.6. The van der Waals surface area contributed by atoms with E-state index in [4.69, 9.17) is 17.3 Å². The number of thiazole rings is 1. The lowest BCUT2D eigenvalue weighted by atomic mass is 10.1. The third-order valence-corrected chi connectivity index (χ3v) is 4.33. The van der Waals surface area contributed by atoms with Gasteiger partial charge in [-0.2, -0.15) is 0 Å². The number of nitrogens with zero attached hydrogens (tertiary/aromatic N) is 1. The summed E-state index contributed by atoms with van der Waals surface area (Å²) in [5, 5.41) is 4.19. The fourth-order valence-corrected chi connectivity index (χ4v) is 2.99. The van der Waals surface area contributed by atoms with Gasteiger partial charge in [0, 0.05) is 5.56 Å². The van der Waals surface area contributed by atoms with Gasteiger partial charge in [0.15, 0.2) is 5.13 Å². The molecule has 6 heteroatoms. The molecular weight excluding hydrogens is 318 g/mol. The van der Waals surface area contributed by atoms with Gasteiger partial charge in [-0.25, -0.2) is 4.98 Å². The van der Waals surface area contributed by atoms with E-state index in [9.17, 15) is 4.79 Å². The van der Waals surface area contributed by atoms with E-state index < -0.39 is 0 Å². The van der Waals surface area contributed by atoms with Gasteiger partial charge in [0.05, 0.1) is 10.7 Å². The maximum absolute atomic E-state index is 12.4. The molecule has 3 N–H and O–H groups in total. The Kier molecular flexibility index (Phi) is 4.09. The van der Waals surface area contributed by atoms with Crippen LogP contribution in [0.3, 0.4) is 0 Å². The first kappa shape index (κ1) is 14.6. The Balaban J connectivity index is 1.88. The Morgan fingerprint density at radius 3 is 2.50 bits per heavy atom. The molecule has 1 heterocycles. The van der Waals surface area contributed by atoms with Gasteiger partial charge >= 0.3 is 0 Å². The molecule has 0 fully saturated rings. The molecule has 2 aromatic carbocycles. The quantitative estimate of drug-likeness (QED) is 0.698. The van der Waals surface area contributed by atoms with E-state index in [0.29, 0.717) is 20.6 Å². The van der Waals surface area contributed by atoms with Gasteiger partial charge in [-0.05, 0) is 12.1 Å². The van der Waals surface area contributed by atoms with Crippen molar-refractivity contribution >= 4 is 45.4 Å². The average Bonchev–Trinajstić information content (AvgIpc) is 2.90. The third kappa shape index (κ3) is 2.95. The highest BCUT2D eigenvalue weighted by Crippen LogP contribution is 2.31. The molecule has 0 saturated heterocycles. The van der Waals surface area contributed by atoms with Crippen LogP contribution in [0.4, 0.5) is 16.6 Å². The molecule has 0 saturated carbocycles. The number of nitrogens with two attached hydrogens (primary N) is 1. The van der Waals surface area contributed by atoms with Crippen LogP contribution in [0.15, 0.2) is 54.6 Å². The molecular formula is C16H12ClN3OS. The summed E-state index contributed by atoms with van der Waals surface area (Å²) in [6.07, 6.45) is 0. The van der Waals surface area contributed by atoms with Crippen molar-refractivity contribution in [3.63, 3.8) is 0 Å². The molecule has 1 aromatic heterocycles. The molecule has 0 aliphatic rings. The zero-order valence-electron chi connectivity index (χ0n) is 11.4. The number of carbonyl (C=O) groups excluding carboxylic acids is 1. The van der Waals surface area contributed by atoms with Gasteiger partial charge in [0.25, 0.3) is 0 Å². The summed E-state index contributed by atoms with van der Waals surface area (Å²) in [5.74, 6) is 0.0798. The molecule has 0 aliphatic heterocycles. The number of anilines is 3. The predicted octanol–water partition coefficient (Wildman–Crippen LogP) is 4.35. The molecule has 0 spiro atoms. The van der Waals surface area contributed by atoms with E-state index in [1.165, 1.54) is 11.3 Å². The monoisotopic (exact) mass is 329 g/mol. The van der Waals surface area contributed by atoms with Crippen molar-refractivity contribution in [3.05, 3.63) is 70.1 Å². The fraction of sp³-hybridized carbons (Fsp3) is 0. The Hall–Kier alpha value is -2.37. The number of aromatic nitrogens is 1. The standard InChI is InChI=1S/C16H12ClN3OS/c17-11-8-4-5-9-12(11)19-16-20-15(18)14(22-16)13(21)10-6-2-1-3-7-10/h1-9H,18H2,(H,19,20). The molecule has 22 heavy (non-hydrogen) atoms. The van der Waals surface area contributed by atoms with E-state index in [2.05, 4.69) is 10.3 Å². The molecule has 0 aliphatic carbocycles. The lowest BCUT2D eigenvalue weighted by Crippen LogP contribution is -2.02. The van der Waals surface area contributed by atoms with E-state index in [1.807, 2.05) is 36.4 Å². The minimum absolute atomic E-state index is 0.136. The molecule has 0 radical (unpaired) electrons. The molecule has 0 amide bonds. The van der Waals surface area contributed by atoms with E-state index >= 15 is 0 Å². The van der Waals surface area contributed by atoms with Crippen LogP contribution in [0.25, 0.3) is 0 Å². The van der Waals surface area contributed by atoms with E-state index in [0.717, 1.165) is 5.69 Å². The number of nitrogens with one attached hydrogen (secondary N) is 1. The second kappa shape index (κ2) is 6.17. The van der Waals surface area contributed by atoms with Crippen LogP contribution in [0.5, 0.6) is 0 Å². The SMILES string of the molecule is Nc1nc(Nc2ccccc2Cl)sc1C(=O)c1ccccc1. The number of ketones is 1. The second-order valence-electron chi connectivity index (χ2n) is 4.53. The number of hydrogen-bond donors (Lipinski definition) is 2. The first-order valence-electron chi connectivity index (χ1n) is 6.53. The van der Waals surface area contributed by atoms with E-state index in [1.54, 1.807) is 18.2 Å². The number of rotatable bonds is 4. The molecule has 0 bridgehead atoms. The number of nitrogen functional groups attached to an aromatic ring is 1. The van der Waals surface area contributed by atoms with Crippen LogP contribution in [0.2, 0.25) is 5.02 Å². The van der Waals surface area contributed by atoms with Crippen molar-refractivity contribution in [2.24, 2.45) is 0 Å². The smallest absolute Gasteiger partial charge is 0.206 e. The van der Waals surface area contributed by atoms with Crippen molar-refractivity contribution in [3.8, 4) is 0 Å². The van der Waals surface area contributed by atoms with Crippen LogP contribution in [0, 0.1) is 0 Å². The predicted molar refractivity (Wildman–Crippen MR) is 91.1 cm³/mol. The molecule has 3 rings (SSSR count). The topological polar surface area (TPSA) is 68.0 Å². The van der Waals surface area contributed by atoms with Crippen molar-refractivity contribution in [2.45, 2.75) is 0 Å². The summed E-state index contributed by atoms with van der Waals surface area (Å²) in [5.41, 5.74) is 7.18. The zero-order chi connectivity index (χ0) is 15.5. The van der Waals surface area contributed by atoms with Crippen molar-refractivity contribution in [1.29, 1.82) is 0 Å². The van der Waals surface area contributed by atoms with Gasteiger partial charge in [-0.1, -0.05) is 65.4 Å². The Labute approximate surface area is 136 Å². The molecule has 4 nitrogen and oxygen atoms in total. The fourth-order valence-electron chi connectivity index (χ4n) is 1.95. The first-order valence-corrected chi connectivity index (χ1v) is 7.72. The van der Waals surface area contributed by atoms with Crippen molar-refractivity contribution in [2.75, 3.05) is 11.1 Å². The number of para-hydroxylation sites is 1. The zero-order valence-corrected chi connectivity index (χ0v) is 13.0. The summed E-state index contributed by atoms with van der Waals surface area (Å²) < 4.78 is 0. The summed E-state index contributed by atoms with van der Waals surface area (Å²) in [6.45, 7) is 0. The highest BCUT2D eigenvalue weighted by atomic mass is 35.5. The van der Waals surface area contributed by atoms with Crippen molar-refractivity contribution < 1.29 is 4.79 Å². The lowest BCUT2D eigenvalue weighted by molar-refractivity contribution is 0.104. The number of halogens is 1. The third-order valence-electron chi connectivity index (χ3n) is 3.01. The van der Waals surface area contributed by atoms with E-state index in [-0.39, 0.29) is 11.6 Å². The number of carbonyl (C=O) groups is 1. The minimum atomic E-state index is -0.136. The summed E-state index contributed by atoms with van der Waals surface area (Å²) in [6, 6.07) is 16.3. The van der Waals surface area contributed by atoms with Crippen LogP contribution < -0.4 is 11.1 Å². The lowest BCUT2D eigenvalue weighted by Gasteiger charge is -2.03. The van der Waals surface area contributed by atoms with Crippen LogP contribution in [-0.2, 0) is 0 Å². The van der Waals surface area contributed by atoms with Gasteiger partial charge in [0.2, 0.25) is 5.78 Å². The highest BCUT2D eigenvalue weighted by molar-refractivity contribution is 7.18. The van der Waals surface area contributed by atoms with Crippen LogP contribution in [0.1, 0.15) is 15.2 Å². The highest BCUT2D eigenvalue weighted by Gasteiger charge is 2.18. The maximum Gasteiger partial charge on any atom is 0.206 e. The average molecular weight is 330 g/mol. The van der Waals surface area contributed by atoms with Crippen molar-refractivity contribution in [1.82, 2.24) is 4.98 Å². The van der Waals surface area contributed by atoms with Gasteiger partial charge < -0.3 is 11.1 Å².